The molecule has 0 saturated heterocycles. The molecule has 0 aromatic rings. The quantitative estimate of drug-likeness (QED) is 0.616. The van der Waals surface area contributed by atoms with E-state index >= 15 is 0 Å². The summed E-state index contributed by atoms with van der Waals surface area (Å²) in [6.45, 7) is 0. The van der Waals surface area contributed by atoms with Gasteiger partial charge in [-0.15, -0.1) is 0 Å². The van der Waals surface area contributed by atoms with Crippen LogP contribution in [0.1, 0.15) is 0 Å². The van der Waals surface area contributed by atoms with Crippen molar-refractivity contribution in [2.24, 2.45) is 92.7 Å². The van der Waals surface area contributed by atoms with Crippen molar-refractivity contribution in [3.63, 3.8) is 0 Å². The number of hydrogen-bond donors (Lipinski definition) is 2. The summed E-state index contributed by atoms with van der Waals surface area (Å²) in [5, 5.41) is 18.5. The van der Waals surface area contributed by atoms with Crippen molar-refractivity contribution >= 4 is 23.9 Å². The highest BCUT2D eigenvalue weighted by atomic mass is 16.5. The van der Waals surface area contributed by atoms with Crippen LogP contribution < -0.4 is 0 Å². The molecule has 0 aliphatic heterocycles. The average Bonchev–Trinajstić information content (AvgIpc) is 2.77. The topological polar surface area (TPSA) is 127 Å². The number of ether oxygens (including phenoxy) is 2. The first kappa shape index (κ1) is 15.6. The number of carboxylic acids is 2. The molecule has 0 bridgehead atoms. The molecule has 0 aromatic carbocycles. The third-order valence-electron chi connectivity index (χ3n) is 13.1. The van der Waals surface area contributed by atoms with Crippen molar-refractivity contribution in [2.75, 3.05) is 14.2 Å². The van der Waals surface area contributed by atoms with Gasteiger partial charge in [-0.2, -0.15) is 0 Å². The Morgan fingerprint density at radius 3 is 0.867 bits per heavy atom. The van der Waals surface area contributed by atoms with Crippen molar-refractivity contribution in [1.82, 2.24) is 0 Å². The predicted octanol–water partition coefficient (Wildman–Crippen LogP) is -0.0360. The predicted molar refractivity (Wildman–Crippen MR) is 90.9 cm³/mol. The Balaban J connectivity index is 0.0000000963. The monoisotopic (exact) mass is 412 g/mol. The molecule has 8 nitrogen and oxygen atoms in total. The molecule has 0 radical (unpaired) electrons. The van der Waals surface area contributed by atoms with Crippen molar-refractivity contribution < 1.29 is 38.9 Å². The fourth-order valence-corrected chi connectivity index (χ4v) is 13.1. The molecular formula is C22H20O8. The zero-order valence-corrected chi connectivity index (χ0v) is 16.3. The van der Waals surface area contributed by atoms with Gasteiger partial charge in [0, 0.05) is 0 Å². The molecule has 12 fully saturated rings. The molecule has 30 heavy (non-hydrogen) atoms. The fraction of sp³-hybridized carbons (Fsp3) is 0.818. The van der Waals surface area contributed by atoms with Gasteiger partial charge in [0.05, 0.1) is 35.9 Å². The Bertz CT molecular complexity index is 909. The summed E-state index contributed by atoms with van der Waals surface area (Å²) in [4.78, 5) is 45.8. The third kappa shape index (κ3) is 0.753. The van der Waals surface area contributed by atoms with Gasteiger partial charge in [0.25, 0.3) is 0 Å². The highest BCUT2D eigenvalue weighted by molar-refractivity contribution is 5.97. The van der Waals surface area contributed by atoms with E-state index in [0.29, 0.717) is 71.0 Å². The summed E-state index contributed by atoms with van der Waals surface area (Å²) in [7, 11) is 2.88. The van der Waals surface area contributed by atoms with E-state index < -0.39 is 11.9 Å². The maximum atomic E-state index is 11.7. The van der Waals surface area contributed by atoms with E-state index in [4.69, 9.17) is 9.47 Å². The Morgan fingerprint density at radius 2 is 0.700 bits per heavy atom. The molecule has 12 aliphatic rings. The Kier molecular flexibility index (Phi) is 1.82. The number of carboxylic acid groups (broad SMARTS) is 2. The molecule has 2 N–H and O–H groups in total. The van der Waals surface area contributed by atoms with E-state index in [-0.39, 0.29) is 33.6 Å². The summed E-state index contributed by atoms with van der Waals surface area (Å²) in [6.07, 6.45) is 0. The Hall–Kier alpha value is -2.12. The molecule has 12 saturated carbocycles. The van der Waals surface area contributed by atoms with Gasteiger partial charge in [0.15, 0.2) is 0 Å². The number of rotatable bonds is 4. The summed E-state index contributed by atoms with van der Waals surface area (Å²) >= 11 is 0. The highest BCUT2D eigenvalue weighted by Crippen LogP contribution is 3.11. The van der Waals surface area contributed by atoms with Gasteiger partial charge in [-0.3, -0.25) is 19.2 Å². The van der Waals surface area contributed by atoms with Gasteiger partial charge in [-0.05, 0) is 71.0 Å². The largest absolute Gasteiger partial charge is 0.481 e. The molecule has 0 aromatic heterocycles. The second-order valence-electron chi connectivity index (χ2n) is 11.6. The summed E-state index contributed by atoms with van der Waals surface area (Å²) in [5.41, 5.74) is -1.11. The summed E-state index contributed by atoms with van der Waals surface area (Å²) < 4.78 is 9.73. The maximum absolute atomic E-state index is 11.7. The van der Waals surface area contributed by atoms with Crippen LogP contribution >= 0.6 is 0 Å². The molecule has 8 heteroatoms. The van der Waals surface area contributed by atoms with Crippen molar-refractivity contribution in [3.8, 4) is 0 Å². The summed E-state index contributed by atoms with van der Waals surface area (Å²) in [5.74, 6) is 2.88. The average molecular weight is 412 g/mol. The van der Waals surface area contributed by atoms with E-state index in [1.165, 1.54) is 14.2 Å². The van der Waals surface area contributed by atoms with Crippen LogP contribution in [-0.4, -0.2) is 48.3 Å². The standard InChI is InChI=1S/2C11H10O4/c2*1-15-9(14)11-5-2-6(11)4-7(11)3(5)10(2,4)8(12)13/h2*2-7H,1H3,(H,12,13). The lowest BCUT2D eigenvalue weighted by atomic mass is 8.92. The van der Waals surface area contributed by atoms with Gasteiger partial charge in [-0.1, -0.05) is 0 Å². The Labute approximate surface area is 170 Å². The number of hydrogen-bond acceptors (Lipinski definition) is 6. The minimum Gasteiger partial charge on any atom is -0.481 e. The van der Waals surface area contributed by atoms with Crippen molar-refractivity contribution in [2.45, 2.75) is 0 Å². The lowest BCUT2D eigenvalue weighted by molar-refractivity contribution is -0.628. The molecule has 0 unspecified atom stereocenters. The minimum absolute atomic E-state index is 0.0649. The van der Waals surface area contributed by atoms with Crippen molar-refractivity contribution in [3.05, 3.63) is 0 Å². The van der Waals surface area contributed by atoms with Crippen LogP contribution in [0.4, 0.5) is 0 Å². The van der Waals surface area contributed by atoms with Crippen LogP contribution in [0.2, 0.25) is 0 Å². The van der Waals surface area contributed by atoms with Crippen LogP contribution in [0.3, 0.4) is 0 Å². The molecule has 0 amide bonds. The number of esters is 2. The van der Waals surface area contributed by atoms with Crippen LogP contribution in [0.25, 0.3) is 0 Å². The van der Waals surface area contributed by atoms with E-state index in [0.717, 1.165) is 0 Å². The van der Waals surface area contributed by atoms with E-state index in [1.54, 1.807) is 0 Å². The number of carbonyl (C=O) groups excluding carboxylic acids is 2. The molecule has 0 heterocycles. The molecule has 12 rings (SSSR count). The van der Waals surface area contributed by atoms with Gasteiger partial charge in [0.2, 0.25) is 0 Å². The fourth-order valence-electron chi connectivity index (χ4n) is 13.1. The van der Waals surface area contributed by atoms with Crippen LogP contribution in [0.5, 0.6) is 0 Å². The van der Waals surface area contributed by atoms with Crippen LogP contribution in [0, 0.1) is 92.7 Å². The van der Waals surface area contributed by atoms with E-state index in [2.05, 4.69) is 0 Å². The summed E-state index contributed by atoms with van der Waals surface area (Å²) in [6, 6.07) is 0. The normalized spacial score (nSPS) is 72.3. The molecule has 12 aliphatic carbocycles. The highest BCUT2D eigenvalue weighted by Gasteiger charge is 3.14. The third-order valence-corrected chi connectivity index (χ3v) is 13.1. The van der Waals surface area contributed by atoms with Crippen LogP contribution in [-0.2, 0) is 28.7 Å². The maximum Gasteiger partial charge on any atom is 0.312 e. The number of aliphatic carboxylic acids is 2. The zero-order chi connectivity index (χ0) is 20.7. The Morgan fingerprint density at radius 1 is 0.500 bits per heavy atom. The van der Waals surface area contributed by atoms with E-state index in [9.17, 15) is 29.4 Å². The van der Waals surface area contributed by atoms with Gasteiger partial charge in [0.1, 0.15) is 0 Å². The molecular weight excluding hydrogens is 392 g/mol. The minimum atomic E-state index is -0.607. The zero-order valence-electron chi connectivity index (χ0n) is 16.3. The molecule has 0 spiro atoms. The van der Waals surface area contributed by atoms with Crippen LogP contribution in [0.15, 0.2) is 0 Å². The smallest absolute Gasteiger partial charge is 0.312 e. The number of carbonyl (C=O) groups is 4. The second-order valence-corrected chi connectivity index (χ2v) is 11.6. The first-order valence-corrected chi connectivity index (χ1v) is 11.0. The van der Waals surface area contributed by atoms with Gasteiger partial charge < -0.3 is 19.7 Å². The first-order valence-electron chi connectivity index (χ1n) is 11.0. The first-order chi connectivity index (χ1) is 14.3. The van der Waals surface area contributed by atoms with Crippen molar-refractivity contribution in [1.29, 1.82) is 0 Å². The molecule has 156 valence electrons. The SMILES string of the molecule is COC(=O)C12C3C4C1C1C2C3C41C(=O)O.COC(=O)C12C3C4C1C1C2C3C41C(=O)O. The molecule has 0 atom stereocenters. The lowest BCUT2D eigenvalue weighted by Crippen LogP contribution is -3.12. The lowest BCUT2D eigenvalue weighted by Gasteiger charge is -3.08. The van der Waals surface area contributed by atoms with E-state index in [1.807, 2.05) is 0 Å². The van der Waals surface area contributed by atoms with Gasteiger partial charge >= 0.3 is 23.9 Å². The van der Waals surface area contributed by atoms with Gasteiger partial charge in [-0.25, -0.2) is 0 Å². The number of methoxy groups -OCH3 is 2. The second kappa shape index (κ2) is 3.48.